The molecule has 0 aromatic rings. The average Bonchev–Trinajstić information content (AvgIpc) is 2.60. The summed E-state index contributed by atoms with van der Waals surface area (Å²) in [5.41, 5.74) is 0.227. The molecule has 0 radical (unpaired) electrons. The summed E-state index contributed by atoms with van der Waals surface area (Å²) in [6, 6.07) is 2.53. The highest BCUT2D eigenvalue weighted by atomic mass is 16.1. The minimum absolute atomic E-state index is 0.227. The lowest BCUT2D eigenvalue weighted by atomic mass is 10.0. The molecule has 23 heavy (non-hydrogen) atoms. The molecular weight excluding hydrogens is 290 g/mol. The third kappa shape index (κ3) is 5.52. The lowest BCUT2D eigenvalue weighted by Gasteiger charge is -2.34. The highest BCUT2D eigenvalue weighted by molar-refractivity contribution is 5.97. The van der Waals surface area contributed by atoms with Gasteiger partial charge in [0.15, 0.2) is 0 Å². The molecule has 0 saturated carbocycles. The number of hydrogen-bond acceptors (Lipinski definition) is 5. The molecule has 0 aliphatic carbocycles. The van der Waals surface area contributed by atoms with Crippen LogP contribution in [0.25, 0.3) is 0 Å². The molecule has 1 unspecified atom stereocenters. The van der Waals surface area contributed by atoms with E-state index in [0.29, 0.717) is 12.6 Å². The van der Waals surface area contributed by atoms with Gasteiger partial charge in [0.05, 0.1) is 0 Å². The second-order valence-electron chi connectivity index (χ2n) is 6.30. The van der Waals surface area contributed by atoms with Crippen LogP contribution in [0.5, 0.6) is 0 Å². The van der Waals surface area contributed by atoms with Crippen molar-refractivity contribution in [3.05, 3.63) is 11.8 Å². The Balaban J connectivity index is 1.82. The van der Waals surface area contributed by atoms with Crippen LogP contribution in [-0.4, -0.2) is 67.6 Å². The molecule has 2 heterocycles. The Hall–Kier alpha value is -1.58. The molecule has 0 aromatic carbocycles. The van der Waals surface area contributed by atoms with Crippen molar-refractivity contribution in [1.82, 2.24) is 20.4 Å². The number of piperazine rings is 1. The number of carbonyl (C=O) groups excluding carboxylic acids is 1. The zero-order valence-electron chi connectivity index (χ0n) is 14.2. The van der Waals surface area contributed by atoms with Crippen molar-refractivity contribution in [3.63, 3.8) is 0 Å². The number of piperidine rings is 1. The first-order chi connectivity index (χ1) is 11.2. The van der Waals surface area contributed by atoms with E-state index in [2.05, 4.69) is 33.4 Å². The van der Waals surface area contributed by atoms with Crippen LogP contribution in [-0.2, 0) is 4.79 Å². The summed E-state index contributed by atoms with van der Waals surface area (Å²) in [5.74, 6) is -0.247. The molecule has 0 aromatic heterocycles. The van der Waals surface area contributed by atoms with Crippen LogP contribution in [0.1, 0.15) is 32.6 Å². The first-order valence-corrected chi connectivity index (χ1v) is 8.83. The highest BCUT2D eigenvalue weighted by Crippen LogP contribution is 2.20. The van der Waals surface area contributed by atoms with Crippen molar-refractivity contribution in [2.75, 3.05) is 45.8 Å². The number of nitrogens with one attached hydrogen (secondary N) is 2. The van der Waals surface area contributed by atoms with Gasteiger partial charge in [-0.3, -0.25) is 9.69 Å². The molecule has 2 fully saturated rings. The lowest BCUT2D eigenvalue weighted by Crippen LogP contribution is -2.46. The van der Waals surface area contributed by atoms with Crippen molar-refractivity contribution >= 4 is 5.91 Å². The average molecular weight is 319 g/mol. The third-order valence-corrected chi connectivity index (χ3v) is 4.73. The van der Waals surface area contributed by atoms with Gasteiger partial charge in [0, 0.05) is 58.1 Å². The fourth-order valence-corrected chi connectivity index (χ4v) is 3.29. The van der Waals surface area contributed by atoms with Crippen LogP contribution in [0.2, 0.25) is 0 Å². The maximum atomic E-state index is 12.2. The zero-order valence-corrected chi connectivity index (χ0v) is 14.2. The van der Waals surface area contributed by atoms with E-state index in [0.717, 1.165) is 58.5 Å². The van der Waals surface area contributed by atoms with Crippen LogP contribution in [0.15, 0.2) is 11.8 Å². The van der Waals surface area contributed by atoms with Gasteiger partial charge in [-0.2, -0.15) is 5.26 Å². The molecule has 2 rings (SSSR count). The van der Waals surface area contributed by atoms with E-state index >= 15 is 0 Å². The molecule has 0 spiro atoms. The van der Waals surface area contributed by atoms with Crippen LogP contribution in [0, 0.1) is 11.3 Å². The Bertz CT molecular complexity index is 450. The summed E-state index contributed by atoms with van der Waals surface area (Å²) >= 11 is 0. The SMILES string of the molecule is CCC1CCCCN1/C=C(/C#N)C(=O)NCCN1CCNCC1. The minimum atomic E-state index is -0.247. The third-order valence-electron chi connectivity index (χ3n) is 4.73. The topological polar surface area (TPSA) is 71.4 Å². The van der Waals surface area contributed by atoms with E-state index in [9.17, 15) is 10.1 Å². The normalized spacial score (nSPS) is 23.4. The first kappa shape index (κ1) is 17.8. The molecule has 2 N–H and O–H groups in total. The largest absolute Gasteiger partial charge is 0.373 e. The van der Waals surface area contributed by atoms with Crippen molar-refractivity contribution in [1.29, 1.82) is 5.26 Å². The van der Waals surface area contributed by atoms with Crippen molar-refractivity contribution < 1.29 is 4.79 Å². The van der Waals surface area contributed by atoms with Crippen molar-refractivity contribution in [3.8, 4) is 6.07 Å². The van der Waals surface area contributed by atoms with Crippen molar-refractivity contribution in [2.24, 2.45) is 0 Å². The van der Waals surface area contributed by atoms with Gasteiger partial charge in [0.2, 0.25) is 0 Å². The number of nitriles is 1. The molecule has 2 aliphatic heterocycles. The van der Waals surface area contributed by atoms with Crippen LogP contribution >= 0.6 is 0 Å². The number of carbonyl (C=O) groups is 1. The van der Waals surface area contributed by atoms with Gasteiger partial charge >= 0.3 is 0 Å². The summed E-state index contributed by atoms with van der Waals surface area (Å²) < 4.78 is 0. The van der Waals surface area contributed by atoms with E-state index in [1.54, 1.807) is 6.20 Å². The maximum absolute atomic E-state index is 12.2. The zero-order chi connectivity index (χ0) is 16.5. The van der Waals surface area contributed by atoms with Crippen LogP contribution in [0.3, 0.4) is 0 Å². The Labute approximate surface area is 139 Å². The molecule has 6 heteroatoms. The molecule has 1 amide bonds. The molecule has 128 valence electrons. The molecule has 0 bridgehead atoms. The number of hydrogen-bond donors (Lipinski definition) is 2. The molecular formula is C17H29N5O. The van der Waals surface area contributed by atoms with Crippen LogP contribution < -0.4 is 10.6 Å². The van der Waals surface area contributed by atoms with Gasteiger partial charge in [-0.15, -0.1) is 0 Å². The quantitative estimate of drug-likeness (QED) is 0.556. The monoisotopic (exact) mass is 319 g/mol. The Morgan fingerprint density at radius 2 is 2.13 bits per heavy atom. The van der Waals surface area contributed by atoms with E-state index < -0.39 is 0 Å². The van der Waals surface area contributed by atoms with E-state index in [1.807, 2.05) is 0 Å². The Morgan fingerprint density at radius 1 is 1.35 bits per heavy atom. The summed E-state index contributed by atoms with van der Waals surface area (Å²) in [7, 11) is 0. The molecule has 1 atom stereocenters. The Kier molecular flexibility index (Phi) is 7.37. The number of nitrogens with zero attached hydrogens (tertiary/aromatic N) is 3. The number of amides is 1. The van der Waals surface area contributed by atoms with Gasteiger partial charge in [0.1, 0.15) is 11.6 Å². The number of rotatable bonds is 6. The molecule has 6 nitrogen and oxygen atoms in total. The van der Waals surface area contributed by atoms with E-state index in [1.165, 1.54) is 6.42 Å². The number of likely N-dealkylation sites (tertiary alicyclic amines) is 1. The van der Waals surface area contributed by atoms with Gasteiger partial charge in [-0.1, -0.05) is 6.92 Å². The fraction of sp³-hybridized carbons (Fsp3) is 0.765. The first-order valence-electron chi connectivity index (χ1n) is 8.83. The predicted molar refractivity (Wildman–Crippen MR) is 90.7 cm³/mol. The van der Waals surface area contributed by atoms with Gasteiger partial charge in [0.25, 0.3) is 5.91 Å². The summed E-state index contributed by atoms with van der Waals surface area (Å²) in [6.07, 6.45) is 6.35. The van der Waals surface area contributed by atoms with Gasteiger partial charge in [-0.05, 0) is 25.7 Å². The molecule has 2 aliphatic rings. The van der Waals surface area contributed by atoms with E-state index in [-0.39, 0.29) is 11.5 Å². The summed E-state index contributed by atoms with van der Waals surface area (Å²) in [5, 5.41) is 15.5. The Morgan fingerprint density at radius 3 is 2.83 bits per heavy atom. The minimum Gasteiger partial charge on any atom is -0.373 e. The predicted octanol–water partition coefficient (Wildman–Crippen LogP) is 0.680. The van der Waals surface area contributed by atoms with Gasteiger partial charge < -0.3 is 15.5 Å². The summed E-state index contributed by atoms with van der Waals surface area (Å²) in [6.45, 7) is 8.58. The fourth-order valence-electron chi connectivity index (χ4n) is 3.29. The van der Waals surface area contributed by atoms with Crippen molar-refractivity contribution in [2.45, 2.75) is 38.6 Å². The standard InChI is InChI=1S/C17H29N5O/c1-2-16-5-3-4-9-22(16)14-15(13-18)17(23)20-8-12-21-10-6-19-7-11-21/h14,16,19H,2-12H2,1H3,(H,20,23)/b15-14-. The smallest absolute Gasteiger partial charge is 0.263 e. The lowest BCUT2D eigenvalue weighted by molar-refractivity contribution is -0.117. The van der Waals surface area contributed by atoms with Gasteiger partial charge in [-0.25, -0.2) is 0 Å². The second-order valence-corrected chi connectivity index (χ2v) is 6.30. The molecule has 2 saturated heterocycles. The second kappa shape index (κ2) is 9.53. The summed E-state index contributed by atoms with van der Waals surface area (Å²) in [4.78, 5) is 16.7. The van der Waals surface area contributed by atoms with Crippen LogP contribution in [0.4, 0.5) is 0 Å². The maximum Gasteiger partial charge on any atom is 0.263 e. The highest BCUT2D eigenvalue weighted by Gasteiger charge is 2.20. The van der Waals surface area contributed by atoms with E-state index in [4.69, 9.17) is 0 Å².